The summed E-state index contributed by atoms with van der Waals surface area (Å²) in [5.74, 6) is -1.61. The predicted octanol–water partition coefficient (Wildman–Crippen LogP) is 5.58. The van der Waals surface area contributed by atoms with Gasteiger partial charge in [0.15, 0.2) is 5.78 Å². The highest BCUT2D eigenvalue weighted by atomic mass is 35.5. The molecule has 2 unspecified atom stereocenters. The second kappa shape index (κ2) is 10.4. The molecule has 0 radical (unpaired) electrons. The van der Waals surface area contributed by atoms with E-state index in [2.05, 4.69) is 14.8 Å². The van der Waals surface area contributed by atoms with Crippen molar-refractivity contribution in [3.05, 3.63) is 93.8 Å². The number of hydrogen-bond acceptors (Lipinski definition) is 7. The average molecular weight is 618 g/mol. The van der Waals surface area contributed by atoms with Crippen molar-refractivity contribution in [2.24, 2.45) is 4.76 Å². The molecule has 5 rings (SSSR count). The predicted molar refractivity (Wildman–Crippen MR) is 158 cm³/mol. The maximum Gasteiger partial charge on any atom is 0.348 e. The fourth-order valence-corrected chi connectivity index (χ4v) is 7.70. The number of carbonyl (C=O) groups is 1. The SMILES string of the molecule is CCOP1(=O)N=C(C2=C(O)c3ccccc3C(C)(Cc3ccc(F)c(Cl)c3)C2=O)Nc2ccc(NS(C)(=O)=O)cc21. The highest BCUT2D eigenvalue weighted by Gasteiger charge is 2.47. The summed E-state index contributed by atoms with van der Waals surface area (Å²) < 4.78 is 63.8. The first-order chi connectivity index (χ1) is 19.3. The van der Waals surface area contributed by atoms with Crippen molar-refractivity contribution in [2.45, 2.75) is 25.7 Å². The molecule has 1 heterocycles. The van der Waals surface area contributed by atoms with Gasteiger partial charge in [0, 0.05) is 11.3 Å². The lowest BCUT2D eigenvalue weighted by Gasteiger charge is -2.37. The molecule has 3 aromatic carbocycles. The minimum Gasteiger partial charge on any atom is -0.506 e. The molecule has 0 saturated carbocycles. The van der Waals surface area contributed by atoms with Gasteiger partial charge in [0.05, 0.1) is 34.3 Å². The number of amidine groups is 1. The Bertz CT molecular complexity index is 1830. The molecule has 0 bridgehead atoms. The number of ketones is 1. The summed E-state index contributed by atoms with van der Waals surface area (Å²) in [6.07, 6.45) is 1.11. The van der Waals surface area contributed by atoms with Gasteiger partial charge in [-0.2, -0.15) is 4.76 Å². The number of halogens is 2. The third-order valence-electron chi connectivity index (χ3n) is 6.91. The molecule has 13 heteroatoms. The van der Waals surface area contributed by atoms with Gasteiger partial charge >= 0.3 is 7.52 Å². The Hall–Kier alpha value is -3.50. The van der Waals surface area contributed by atoms with Crippen LogP contribution < -0.4 is 15.3 Å². The smallest absolute Gasteiger partial charge is 0.348 e. The lowest BCUT2D eigenvalue weighted by molar-refractivity contribution is -0.120. The number of nitrogens with zero attached hydrogens (tertiary/aromatic N) is 1. The van der Waals surface area contributed by atoms with E-state index in [0.717, 1.165) is 6.26 Å². The molecular weight excluding hydrogens is 592 g/mol. The van der Waals surface area contributed by atoms with Crippen molar-refractivity contribution in [1.82, 2.24) is 0 Å². The van der Waals surface area contributed by atoms with E-state index < -0.39 is 34.6 Å². The molecule has 2 atom stereocenters. The molecule has 0 aromatic heterocycles. The fourth-order valence-electron chi connectivity index (χ4n) is 5.14. The van der Waals surface area contributed by atoms with Crippen molar-refractivity contribution in [2.75, 3.05) is 22.9 Å². The molecule has 1 aliphatic carbocycles. The van der Waals surface area contributed by atoms with Crippen LogP contribution in [0.15, 0.2) is 71.0 Å². The molecule has 2 aliphatic rings. The second-order valence-electron chi connectivity index (χ2n) is 9.97. The van der Waals surface area contributed by atoms with Crippen molar-refractivity contribution >= 4 is 63.2 Å². The summed E-state index contributed by atoms with van der Waals surface area (Å²) in [6, 6.07) is 15.4. The van der Waals surface area contributed by atoms with Gasteiger partial charge in [-0.25, -0.2) is 12.8 Å². The zero-order valence-electron chi connectivity index (χ0n) is 22.2. The first-order valence-corrected chi connectivity index (χ1v) is 16.4. The minimum atomic E-state index is -4.04. The van der Waals surface area contributed by atoms with Gasteiger partial charge in [-0.15, -0.1) is 0 Å². The summed E-state index contributed by atoms with van der Waals surface area (Å²) in [5.41, 5.74) is 0.510. The van der Waals surface area contributed by atoms with Crippen LogP contribution in [0.25, 0.3) is 5.76 Å². The molecule has 9 nitrogen and oxygen atoms in total. The van der Waals surface area contributed by atoms with Crippen molar-refractivity contribution < 1.29 is 31.8 Å². The fraction of sp³-hybridized carbons (Fsp3) is 0.214. The normalized spacial score (nSPS) is 22.0. The number of benzene rings is 3. The van der Waals surface area contributed by atoms with E-state index in [1.807, 2.05) is 0 Å². The molecule has 0 amide bonds. The van der Waals surface area contributed by atoms with E-state index in [1.54, 1.807) is 38.1 Å². The van der Waals surface area contributed by atoms with Gasteiger partial charge in [0.25, 0.3) is 0 Å². The van der Waals surface area contributed by atoms with Crippen LogP contribution >= 0.6 is 19.1 Å². The van der Waals surface area contributed by atoms with Gasteiger partial charge < -0.3 is 14.9 Å². The second-order valence-corrected chi connectivity index (χ2v) is 14.1. The van der Waals surface area contributed by atoms with Crippen LogP contribution in [0.1, 0.15) is 30.5 Å². The van der Waals surface area contributed by atoms with Crippen molar-refractivity contribution in [3.63, 3.8) is 0 Å². The Kier molecular flexibility index (Phi) is 7.36. The third-order valence-corrected chi connectivity index (χ3v) is 9.86. The highest BCUT2D eigenvalue weighted by molar-refractivity contribution is 7.92. The lowest BCUT2D eigenvalue weighted by atomic mass is 9.66. The molecular formula is C28H26ClFN3O6PS. The Labute approximate surface area is 241 Å². The monoisotopic (exact) mass is 617 g/mol. The molecule has 41 heavy (non-hydrogen) atoms. The van der Waals surface area contributed by atoms with Crippen LogP contribution in [-0.2, 0) is 35.7 Å². The number of fused-ring (bicyclic) bond motifs is 2. The van der Waals surface area contributed by atoms with Crippen LogP contribution in [0.2, 0.25) is 5.02 Å². The van der Waals surface area contributed by atoms with Gasteiger partial charge in [-0.1, -0.05) is 41.9 Å². The first kappa shape index (κ1) is 29.0. The molecule has 1 aliphatic heterocycles. The number of sulfonamides is 1. The Morgan fingerprint density at radius 2 is 1.90 bits per heavy atom. The van der Waals surface area contributed by atoms with Gasteiger partial charge in [0.1, 0.15) is 23.0 Å². The van der Waals surface area contributed by atoms with Crippen LogP contribution in [0, 0.1) is 5.82 Å². The first-order valence-electron chi connectivity index (χ1n) is 12.5. The lowest BCUT2D eigenvalue weighted by Crippen LogP contribution is -2.44. The zero-order chi connectivity index (χ0) is 29.7. The van der Waals surface area contributed by atoms with Crippen molar-refractivity contribution in [3.8, 4) is 0 Å². The summed E-state index contributed by atoms with van der Waals surface area (Å²) >= 11 is 6.02. The number of rotatable bonds is 7. The van der Waals surface area contributed by atoms with Gasteiger partial charge in [0.2, 0.25) is 10.0 Å². The van der Waals surface area contributed by atoms with Crippen molar-refractivity contribution in [1.29, 1.82) is 0 Å². The summed E-state index contributed by atoms with van der Waals surface area (Å²) in [6.45, 7) is 3.33. The topological polar surface area (TPSA) is 134 Å². The number of nitrogens with one attached hydrogen (secondary N) is 2. The summed E-state index contributed by atoms with van der Waals surface area (Å²) in [4.78, 5) is 14.3. The van der Waals surface area contributed by atoms with E-state index in [9.17, 15) is 27.3 Å². The number of aliphatic hydroxyl groups is 1. The van der Waals surface area contributed by atoms with Crippen LogP contribution in [-0.4, -0.2) is 38.0 Å². The molecule has 0 spiro atoms. The summed E-state index contributed by atoms with van der Waals surface area (Å²) in [5, 5.41) is 14.4. The van der Waals surface area contributed by atoms with E-state index in [4.69, 9.17) is 16.1 Å². The number of carbonyl (C=O) groups excluding carboxylic acids is 1. The Morgan fingerprint density at radius 1 is 1.17 bits per heavy atom. The number of anilines is 2. The molecule has 3 aromatic rings. The Balaban J connectivity index is 1.65. The third kappa shape index (κ3) is 5.30. The molecule has 0 fully saturated rings. The number of aliphatic hydroxyl groups excluding tert-OH is 1. The van der Waals surface area contributed by atoms with E-state index in [0.29, 0.717) is 16.7 Å². The van der Waals surface area contributed by atoms with E-state index in [-0.39, 0.29) is 51.9 Å². The standard InChI is InChI=1S/C28H26ClFN3O6PS/c1-4-39-40(36)23-14-17(33-41(3,37)38)10-12-22(23)31-27(32-40)24-25(34)18-7-5-6-8-19(18)28(2,26(24)35)15-16-9-11-21(30)20(29)13-16/h5-14,33-34H,4,15H2,1-3H3,(H,31,32,36). The maximum absolute atomic E-state index is 14.3. The number of Topliss-reactive ketones (excluding diaryl/α,β-unsaturated/α-hetero) is 1. The van der Waals surface area contributed by atoms with Crippen LogP contribution in [0.5, 0.6) is 0 Å². The van der Waals surface area contributed by atoms with Crippen LogP contribution in [0.4, 0.5) is 15.8 Å². The highest BCUT2D eigenvalue weighted by Crippen LogP contribution is 2.53. The minimum absolute atomic E-state index is 0.00206. The molecule has 3 N–H and O–H groups in total. The zero-order valence-corrected chi connectivity index (χ0v) is 24.7. The summed E-state index contributed by atoms with van der Waals surface area (Å²) in [7, 11) is -7.66. The Morgan fingerprint density at radius 3 is 2.59 bits per heavy atom. The maximum atomic E-state index is 14.3. The van der Waals surface area contributed by atoms with Gasteiger partial charge in [-0.3, -0.25) is 14.1 Å². The number of hydrogen-bond donors (Lipinski definition) is 3. The quantitative estimate of drug-likeness (QED) is 0.295. The molecule has 214 valence electrons. The van der Waals surface area contributed by atoms with E-state index in [1.165, 1.54) is 36.4 Å². The average Bonchev–Trinajstić information content (AvgIpc) is 2.90. The largest absolute Gasteiger partial charge is 0.506 e. The van der Waals surface area contributed by atoms with Gasteiger partial charge in [-0.05, 0) is 61.7 Å². The molecule has 0 saturated heterocycles. The van der Waals surface area contributed by atoms with Crippen LogP contribution in [0.3, 0.4) is 0 Å². The van der Waals surface area contributed by atoms with E-state index >= 15 is 0 Å².